The number of aryl methyl sites for hydroxylation is 1. The predicted molar refractivity (Wildman–Crippen MR) is 125 cm³/mol. The molecule has 6 heteroatoms. The van der Waals surface area contributed by atoms with E-state index in [2.05, 4.69) is 4.90 Å². The van der Waals surface area contributed by atoms with Crippen LogP contribution in [0.25, 0.3) is 0 Å². The number of hydrogen-bond acceptors (Lipinski definition) is 4. The van der Waals surface area contributed by atoms with Crippen molar-refractivity contribution in [3.8, 4) is 5.75 Å². The van der Waals surface area contributed by atoms with Crippen molar-refractivity contribution in [2.75, 3.05) is 32.8 Å². The molecule has 4 rings (SSSR count). The molecule has 170 valence electrons. The number of carbonyl (C=O) groups excluding carboxylic acids is 2. The third-order valence-corrected chi connectivity index (χ3v) is 5.81. The van der Waals surface area contributed by atoms with Gasteiger partial charge in [-0.15, -0.1) is 0 Å². The Hall–Kier alpha value is -3.51. The molecule has 1 aliphatic heterocycles. The fraction of sp³-hybridized carbons (Fsp3) is 0.259. The van der Waals surface area contributed by atoms with Gasteiger partial charge in [0.05, 0.1) is 5.56 Å². The minimum absolute atomic E-state index is 0.102. The number of carbonyl (C=O) groups is 2. The third-order valence-electron chi connectivity index (χ3n) is 5.81. The molecule has 0 saturated carbocycles. The molecule has 0 N–H and O–H groups in total. The standard InChI is InChI=1S/C27H27FN2O3/c1-20-7-12-25(24(17-20)27(32)22-5-3-2-4-6-22)33-19-26(31)30-15-13-29(14-16-30)18-21-8-10-23(28)11-9-21/h2-12,17H,13-16,18-19H2,1H3. The van der Waals surface area contributed by atoms with E-state index in [-0.39, 0.29) is 24.1 Å². The monoisotopic (exact) mass is 446 g/mol. The van der Waals surface area contributed by atoms with E-state index >= 15 is 0 Å². The molecule has 1 amide bonds. The molecule has 0 aromatic heterocycles. The van der Waals surface area contributed by atoms with Crippen molar-refractivity contribution < 1.29 is 18.7 Å². The van der Waals surface area contributed by atoms with Crippen LogP contribution in [0.2, 0.25) is 0 Å². The zero-order valence-electron chi connectivity index (χ0n) is 18.7. The Balaban J connectivity index is 1.33. The van der Waals surface area contributed by atoms with E-state index in [0.29, 0.717) is 30.0 Å². The summed E-state index contributed by atoms with van der Waals surface area (Å²) < 4.78 is 18.9. The van der Waals surface area contributed by atoms with Gasteiger partial charge in [0.2, 0.25) is 0 Å². The lowest BCUT2D eigenvalue weighted by Gasteiger charge is -2.34. The summed E-state index contributed by atoms with van der Waals surface area (Å²) >= 11 is 0. The molecule has 33 heavy (non-hydrogen) atoms. The van der Waals surface area contributed by atoms with Crippen LogP contribution >= 0.6 is 0 Å². The Labute approximate surface area is 193 Å². The van der Waals surface area contributed by atoms with E-state index in [1.807, 2.05) is 31.2 Å². The van der Waals surface area contributed by atoms with Crippen LogP contribution in [0.4, 0.5) is 4.39 Å². The molecule has 3 aromatic carbocycles. The Morgan fingerprint density at radius 2 is 1.61 bits per heavy atom. The molecule has 1 aliphatic rings. The number of rotatable bonds is 7. The summed E-state index contributed by atoms with van der Waals surface area (Å²) in [5.74, 6) is -0.0552. The number of ether oxygens (including phenoxy) is 1. The number of benzene rings is 3. The zero-order chi connectivity index (χ0) is 23.2. The molecule has 0 bridgehead atoms. The summed E-state index contributed by atoms with van der Waals surface area (Å²) in [5, 5.41) is 0. The lowest BCUT2D eigenvalue weighted by Crippen LogP contribution is -2.49. The molecular weight excluding hydrogens is 419 g/mol. The van der Waals surface area contributed by atoms with Gasteiger partial charge >= 0.3 is 0 Å². The van der Waals surface area contributed by atoms with E-state index in [1.54, 1.807) is 41.3 Å². The Kier molecular flexibility index (Phi) is 7.15. The van der Waals surface area contributed by atoms with Gasteiger partial charge in [-0.05, 0) is 36.8 Å². The van der Waals surface area contributed by atoms with Gasteiger partial charge in [-0.25, -0.2) is 4.39 Å². The smallest absolute Gasteiger partial charge is 0.260 e. The van der Waals surface area contributed by atoms with Gasteiger partial charge in [0, 0.05) is 38.3 Å². The van der Waals surface area contributed by atoms with Crippen LogP contribution in [0.5, 0.6) is 5.75 Å². The summed E-state index contributed by atoms with van der Waals surface area (Å²) in [6.07, 6.45) is 0. The minimum Gasteiger partial charge on any atom is -0.483 e. The molecule has 0 unspecified atom stereocenters. The molecule has 0 aliphatic carbocycles. The molecular formula is C27H27FN2O3. The maximum absolute atomic E-state index is 13.1. The van der Waals surface area contributed by atoms with Gasteiger partial charge in [0.15, 0.2) is 12.4 Å². The maximum atomic E-state index is 13.1. The van der Waals surface area contributed by atoms with E-state index in [0.717, 1.165) is 30.8 Å². The van der Waals surface area contributed by atoms with Gasteiger partial charge < -0.3 is 9.64 Å². The fourth-order valence-electron chi connectivity index (χ4n) is 3.93. The Morgan fingerprint density at radius 1 is 0.909 bits per heavy atom. The van der Waals surface area contributed by atoms with E-state index < -0.39 is 0 Å². The van der Waals surface area contributed by atoms with Crippen LogP contribution in [0.15, 0.2) is 72.8 Å². The number of nitrogens with zero attached hydrogens (tertiary/aromatic N) is 2. The SMILES string of the molecule is Cc1ccc(OCC(=O)N2CCN(Cc3ccc(F)cc3)CC2)c(C(=O)c2ccccc2)c1. The van der Waals surface area contributed by atoms with Crippen molar-refractivity contribution >= 4 is 11.7 Å². The van der Waals surface area contributed by atoms with Crippen molar-refractivity contribution in [3.05, 3.63) is 101 Å². The normalized spacial score (nSPS) is 14.2. The average Bonchev–Trinajstić information content (AvgIpc) is 2.85. The average molecular weight is 447 g/mol. The molecule has 3 aromatic rings. The van der Waals surface area contributed by atoms with Crippen molar-refractivity contribution in [3.63, 3.8) is 0 Å². The van der Waals surface area contributed by atoms with E-state index in [1.165, 1.54) is 12.1 Å². The van der Waals surface area contributed by atoms with Crippen molar-refractivity contribution in [2.24, 2.45) is 0 Å². The fourth-order valence-corrected chi connectivity index (χ4v) is 3.93. The first kappa shape index (κ1) is 22.7. The summed E-state index contributed by atoms with van der Waals surface area (Å²) in [6.45, 7) is 5.22. The van der Waals surface area contributed by atoms with Gasteiger partial charge in [-0.2, -0.15) is 0 Å². The largest absolute Gasteiger partial charge is 0.483 e. The summed E-state index contributed by atoms with van der Waals surface area (Å²) in [4.78, 5) is 29.7. The maximum Gasteiger partial charge on any atom is 0.260 e. The minimum atomic E-state index is -0.239. The van der Waals surface area contributed by atoms with Gasteiger partial charge in [0.25, 0.3) is 5.91 Å². The molecule has 1 heterocycles. The molecule has 1 fully saturated rings. The van der Waals surface area contributed by atoms with Crippen molar-refractivity contribution in [1.82, 2.24) is 9.80 Å². The highest BCUT2D eigenvalue weighted by Crippen LogP contribution is 2.23. The second-order valence-corrected chi connectivity index (χ2v) is 8.27. The molecule has 0 atom stereocenters. The lowest BCUT2D eigenvalue weighted by molar-refractivity contribution is -0.135. The van der Waals surface area contributed by atoms with Gasteiger partial charge in [-0.3, -0.25) is 14.5 Å². The van der Waals surface area contributed by atoms with Crippen LogP contribution in [-0.2, 0) is 11.3 Å². The predicted octanol–water partition coefficient (Wildman–Crippen LogP) is 4.09. The first-order chi connectivity index (χ1) is 16.0. The number of ketones is 1. The van der Waals surface area contributed by atoms with Gasteiger partial charge in [-0.1, -0.05) is 54.1 Å². The first-order valence-electron chi connectivity index (χ1n) is 11.1. The second-order valence-electron chi connectivity index (χ2n) is 8.27. The van der Waals surface area contributed by atoms with Gasteiger partial charge in [0.1, 0.15) is 11.6 Å². The van der Waals surface area contributed by atoms with Crippen molar-refractivity contribution in [2.45, 2.75) is 13.5 Å². The van der Waals surface area contributed by atoms with E-state index in [9.17, 15) is 14.0 Å². The topological polar surface area (TPSA) is 49.9 Å². The number of amides is 1. The van der Waals surface area contributed by atoms with Crippen LogP contribution in [-0.4, -0.2) is 54.3 Å². The molecule has 0 radical (unpaired) electrons. The van der Waals surface area contributed by atoms with Crippen LogP contribution < -0.4 is 4.74 Å². The van der Waals surface area contributed by atoms with Crippen molar-refractivity contribution in [1.29, 1.82) is 0 Å². The molecule has 5 nitrogen and oxygen atoms in total. The highest BCUT2D eigenvalue weighted by atomic mass is 19.1. The third kappa shape index (κ3) is 5.84. The number of piperazine rings is 1. The summed E-state index contributed by atoms with van der Waals surface area (Å²) in [6, 6.07) is 21.0. The Morgan fingerprint density at radius 3 is 2.30 bits per heavy atom. The highest BCUT2D eigenvalue weighted by molar-refractivity contribution is 6.10. The lowest BCUT2D eigenvalue weighted by atomic mass is 10.0. The zero-order valence-corrected chi connectivity index (χ0v) is 18.7. The summed E-state index contributed by atoms with van der Waals surface area (Å²) in [7, 11) is 0. The Bertz CT molecular complexity index is 1110. The van der Waals surface area contributed by atoms with Crippen LogP contribution in [0.1, 0.15) is 27.0 Å². The van der Waals surface area contributed by atoms with Crippen LogP contribution in [0.3, 0.4) is 0 Å². The quantitative estimate of drug-likeness (QED) is 0.513. The summed E-state index contributed by atoms with van der Waals surface area (Å²) in [5.41, 5.74) is 3.04. The molecule has 0 spiro atoms. The molecule has 1 saturated heterocycles. The number of halogens is 1. The highest BCUT2D eigenvalue weighted by Gasteiger charge is 2.22. The first-order valence-corrected chi connectivity index (χ1v) is 11.1. The van der Waals surface area contributed by atoms with Crippen LogP contribution in [0, 0.1) is 12.7 Å². The van der Waals surface area contributed by atoms with E-state index in [4.69, 9.17) is 4.74 Å². The number of hydrogen-bond donors (Lipinski definition) is 0. The second kappa shape index (κ2) is 10.4.